The van der Waals surface area contributed by atoms with E-state index >= 15 is 0 Å². The molecule has 12 aliphatic carbocycles. The van der Waals surface area contributed by atoms with Crippen molar-refractivity contribution in [2.75, 3.05) is 154 Å². The molecule has 9 fully saturated rings. The first-order valence-corrected chi connectivity index (χ1v) is 63.9. The Balaban J connectivity index is 0.499. The molecule has 139 heavy (non-hydrogen) atoms. The summed E-state index contributed by atoms with van der Waals surface area (Å²) in [7, 11) is 16.0. The number of likely N-dealkylation sites (N-methyl/N-ethyl adjacent to an activating group) is 3. The van der Waals surface area contributed by atoms with E-state index in [0.717, 1.165) is 221 Å². The maximum absolute atomic E-state index is 13.1. The first kappa shape index (κ1) is 115. The number of fused-ring (bicyclic) bond motifs is 15. The SMILES string of the molecule is CC(C)CCC[C@@H](C)[C@H]1CC[C@H]2[C@@H]3CC=C4CC(OC(=O)NCCSSCCOC(=O)CCN(C)CCN(CCN(C)CCC(=O)OCCSSCCNC(=O)OC5CC[C@@]6(C)C(=CC[C@H]7[C@@H]8CC[C@H]([C@H](C)CCCC(C)C)[C@@]8(C)CC[C@@H]76)C5)CCN(C)CCC(=O)OCCSSCCNC(=O)OC5CC[C@@]6(C)C(=CC[C@H]7[C@@H]8CC[C@H]([C@H](C)CCCC(C)C)[C@@]8(C)CC[C@@H]76)C5)CC[C@]4(C)[C@H]3CC[C@]12C. The molecule has 9 saturated carbocycles. The number of nitrogens with zero attached hydrogens (tertiary/aromatic N) is 4. The van der Waals surface area contributed by atoms with E-state index in [9.17, 15) is 28.8 Å². The monoisotopic (exact) mass is 2050 g/mol. The van der Waals surface area contributed by atoms with Gasteiger partial charge in [-0.05, 0) is 295 Å². The maximum Gasteiger partial charge on any atom is 0.407 e. The van der Waals surface area contributed by atoms with Gasteiger partial charge in [0.15, 0.2) is 0 Å². The Morgan fingerprint density at radius 1 is 0.338 bits per heavy atom. The van der Waals surface area contributed by atoms with Gasteiger partial charge in [0, 0.05) is 132 Å². The van der Waals surface area contributed by atoms with Gasteiger partial charge in [-0.15, -0.1) is 0 Å². The van der Waals surface area contributed by atoms with E-state index in [1.54, 1.807) is 81.5 Å². The molecule has 3 amide bonds. The molecule has 0 aliphatic heterocycles. The molecule has 0 saturated heterocycles. The van der Waals surface area contributed by atoms with Crippen LogP contribution in [0.25, 0.3) is 0 Å². The van der Waals surface area contributed by atoms with E-state index in [1.165, 1.54) is 154 Å². The van der Waals surface area contributed by atoms with Gasteiger partial charge >= 0.3 is 36.2 Å². The van der Waals surface area contributed by atoms with Crippen molar-refractivity contribution in [3.05, 3.63) is 34.9 Å². The lowest BCUT2D eigenvalue weighted by Crippen LogP contribution is -2.51. The van der Waals surface area contributed by atoms with Crippen LogP contribution in [-0.2, 0) is 42.8 Å². The lowest BCUT2D eigenvalue weighted by Gasteiger charge is -2.58. The Bertz CT molecular complexity index is 3550. The van der Waals surface area contributed by atoms with Crippen molar-refractivity contribution in [1.82, 2.24) is 35.6 Å². The number of esters is 3. The van der Waals surface area contributed by atoms with Crippen LogP contribution in [0, 0.1) is 139 Å². The van der Waals surface area contributed by atoms with E-state index in [2.05, 4.69) is 158 Å². The predicted octanol–water partition coefficient (Wildman–Crippen LogP) is 26.4. The van der Waals surface area contributed by atoms with Crippen molar-refractivity contribution in [3.8, 4) is 0 Å². The highest BCUT2D eigenvalue weighted by Crippen LogP contribution is 2.72. The number of rotatable bonds is 57. The average Bonchev–Trinajstić information content (AvgIpc) is 1.56. The van der Waals surface area contributed by atoms with Gasteiger partial charge in [0.2, 0.25) is 0 Å². The fourth-order valence-electron chi connectivity index (χ4n) is 31.0. The van der Waals surface area contributed by atoms with Gasteiger partial charge in [-0.1, -0.05) is 261 Å². The lowest BCUT2D eigenvalue weighted by atomic mass is 9.47. The van der Waals surface area contributed by atoms with E-state index in [4.69, 9.17) is 28.4 Å². The highest BCUT2D eigenvalue weighted by Gasteiger charge is 2.63. The third-order valence-corrected chi connectivity index (χ3v) is 46.1. The zero-order valence-corrected chi connectivity index (χ0v) is 95.2. The zero-order valence-electron chi connectivity index (χ0n) is 90.3. The largest absolute Gasteiger partial charge is 0.465 e. The zero-order chi connectivity index (χ0) is 99.7. The Morgan fingerprint density at radius 3 is 0.885 bits per heavy atom. The van der Waals surface area contributed by atoms with Crippen LogP contribution in [0.4, 0.5) is 14.4 Å². The maximum atomic E-state index is 13.1. The van der Waals surface area contributed by atoms with Gasteiger partial charge in [0.05, 0.1) is 19.3 Å². The quantitative estimate of drug-likeness (QED) is 0.0170. The summed E-state index contributed by atoms with van der Waals surface area (Å²) in [5.74, 6) is 18.0. The summed E-state index contributed by atoms with van der Waals surface area (Å²) in [6, 6.07) is 0. The number of hydrogen-bond acceptors (Lipinski definition) is 22. The van der Waals surface area contributed by atoms with Gasteiger partial charge in [0.25, 0.3) is 0 Å². The number of nitrogens with one attached hydrogen (secondary N) is 3. The fraction of sp³-hybridized carbons (Fsp3) is 0.895. The van der Waals surface area contributed by atoms with Crippen LogP contribution in [0.3, 0.4) is 0 Å². The minimum Gasteiger partial charge on any atom is -0.465 e. The number of carbonyl (C=O) groups excluding carboxylic acids is 6. The third kappa shape index (κ3) is 31.5. The Labute approximate surface area is 868 Å². The summed E-state index contributed by atoms with van der Waals surface area (Å²) in [5, 5.41) is 9.04. The highest BCUT2D eigenvalue weighted by molar-refractivity contribution is 8.77. The first-order valence-electron chi connectivity index (χ1n) is 56.4. The Morgan fingerprint density at radius 2 is 0.612 bits per heavy atom. The molecule has 0 aromatic rings. The van der Waals surface area contributed by atoms with Crippen molar-refractivity contribution in [3.63, 3.8) is 0 Å². The number of alkyl carbamates (subject to hydrolysis) is 3. The van der Waals surface area contributed by atoms with Crippen molar-refractivity contribution in [1.29, 1.82) is 0 Å². The summed E-state index contributed by atoms with van der Waals surface area (Å²) < 4.78 is 35.3. The molecule has 24 atom stereocenters. The van der Waals surface area contributed by atoms with Crippen molar-refractivity contribution < 1.29 is 57.2 Å². The minimum atomic E-state index is -0.321. The molecule has 3 unspecified atom stereocenters. The molecule has 0 bridgehead atoms. The second-order valence-electron chi connectivity index (χ2n) is 49.1. The molecule has 0 spiro atoms. The minimum absolute atomic E-state index is 0.0756. The molecule has 0 radical (unpaired) electrons. The average molecular weight is 2050 g/mol. The predicted molar refractivity (Wildman–Crippen MR) is 584 cm³/mol. The summed E-state index contributed by atoms with van der Waals surface area (Å²) in [4.78, 5) is 87.5. The fourth-order valence-corrected chi connectivity index (χ4v) is 36.2. The number of hydrogen-bond donors (Lipinski definition) is 3. The lowest BCUT2D eigenvalue weighted by molar-refractivity contribution is -0.144. The van der Waals surface area contributed by atoms with Gasteiger partial charge in [-0.2, -0.15) is 0 Å². The second-order valence-corrected chi connectivity index (χ2v) is 57.2. The third-order valence-electron chi connectivity index (χ3n) is 39.0. The van der Waals surface area contributed by atoms with Crippen LogP contribution in [0.2, 0.25) is 0 Å². The molecule has 794 valence electrons. The van der Waals surface area contributed by atoms with E-state index in [0.29, 0.717) is 92.6 Å². The van der Waals surface area contributed by atoms with Crippen molar-refractivity contribution in [2.24, 2.45) is 139 Å². The summed E-state index contributed by atoms with van der Waals surface area (Å²) in [5.41, 5.74) is 6.71. The Kier molecular flexibility index (Phi) is 45.7. The molecule has 0 heterocycles. The van der Waals surface area contributed by atoms with E-state index < -0.39 is 0 Å². The smallest absolute Gasteiger partial charge is 0.407 e. The Hall–Kier alpha value is -2.62. The summed E-state index contributed by atoms with van der Waals surface area (Å²) in [6.07, 6.45) is 48.6. The van der Waals surface area contributed by atoms with Gasteiger partial charge in [-0.3, -0.25) is 19.3 Å². The molecule has 12 aliphatic rings. The van der Waals surface area contributed by atoms with Crippen LogP contribution in [0.1, 0.15) is 335 Å². The first-order chi connectivity index (χ1) is 66.5. The van der Waals surface area contributed by atoms with Gasteiger partial charge in [-0.25, -0.2) is 14.4 Å². The topological polar surface area (TPSA) is 207 Å². The molecule has 0 aromatic heterocycles. The van der Waals surface area contributed by atoms with Crippen molar-refractivity contribution in [2.45, 2.75) is 353 Å². The summed E-state index contributed by atoms with van der Waals surface area (Å²) >= 11 is 0. The number of ether oxygens (including phenoxy) is 6. The van der Waals surface area contributed by atoms with Gasteiger partial charge < -0.3 is 59.1 Å². The van der Waals surface area contributed by atoms with Crippen LogP contribution < -0.4 is 16.0 Å². The molecular formula is C114H195N7O12S6. The molecule has 0 aromatic carbocycles. The van der Waals surface area contributed by atoms with Crippen LogP contribution in [0.15, 0.2) is 34.9 Å². The van der Waals surface area contributed by atoms with Crippen molar-refractivity contribution >= 4 is 101 Å². The highest BCUT2D eigenvalue weighted by atomic mass is 33.1. The second kappa shape index (κ2) is 55.2. The molecule has 3 N–H and O–H groups in total. The number of carbonyl (C=O) groups is 6. The van der Waals surface area contributed by atoms with Crippen LogP contribution in [0.5, 0.6) is 0 Å². The van der Waals surface area contributed by atoms with Gasteiger partial charge in [0.1, 0.15) is 38.1 Å². The number of amides is 3. The van der Waals surface area contributed by atoms with Crippen LogP contribution in [-0.4, -0.2) is 228 Å². The van der Waals surface area contributed by atoms with Crippen LogP contribution >= 0.6 is 64.8 Å². The molecular weight excluding hydrogens is 1850 g/mol. The molecule has 25 heteroatoms. The summed E-state index contributed by atoms with van der Waals surface area (Å²) in [6.45, 7) is 46.3. The standard InChI is InChI=1S/C114H195N7O12S6/c1-79(2)22-19-25-82(7)94-34-37-97-91-31-28-85-76-88(40-49-109(85,10)100(91)43-52-112(94,97)13)131-106(125)115-55-70-134-137-73-67-128-103(122)46-58-118(16)61-64-121(65-62-119(17)59-47-104(123)129-68-74-138-135-71-56-116-107(126)132-89-41-50-110(11)86(77-89)29-32-92-98-38-35-95(83(8)26-20-23-80(3)4)113(98,14)53-44-101(92)110)66-63-120(18)60-48-105(124)130-69-75-139-136-72-57-117-108(127)133-90-42-51-111(12)87(78-90)30-33-93-99-39-36-96(84(9)27-21-24-81(5)6)114(99,15)54-45-102(93)111/h28-30,79-84,88-102H,19-27,31-78H2,1-18H3,(H,115,125)(H,116,126)(H,117,127)/t82-,83-,84-,88?,89?,90?,91+,92+,93+,94-,95-,96-,97+,98+,99+,100+,101+,102+,109+,110+,111+,112-,113-,114-/m1/s1. The van der Waals surface area contributed by atoms with E-state index in [1.807, 2.05) is 21.1 Å². The molecule has 12 rings (SSSR count). The molecule has 19 nitrogen and oxygen atoms in total. The van der Waals surface area contributed by atoms with E-state index in [-0.39, 0.29) is 90.0 Å². The number of allylic oxidation sites excluding steroid dienone is 3. The normalized spacial score (nSPS) is 32.9.